The first kappa shape index (κ1) is 16.8. The quantitative estimate of drug-likeness (QED) is 0.780. The van der Waals surface area contributed by atoms with Gasteiger partial charge in [-0.05, 0) is 32.9 Å². The number of rotatable bonds is 7. The van der Waals surface area contributed by atoms with E-state index in [0.717, 1.165) is 0 Å². The number of hydrogen-bond acceptors (Lipinski definition) is 3. The van der Waals surface area contributed by atoms with Crippen LogP contribution in [-0.2, 0) is 4.79 Å². The van der Waals surface area contributed by atoms with E-state index in [1.54, 1.807) is 36.1 Å². The fourth-order valence-electron chi connectivity index (χ4n) is 1.89. The Morgan fingerprint density at radius 2 is 1.90 bits per heavy atom. The van der Waals surface area contributed by atoms with E-state index in [-0.39, 0.29) is 5.91 Å². The van der Waals surface area contributed by atoms with Gasteiger partial charge in [0, 0.05) is 23.7 Å². The summed E-state index contributed by atoms with van der Waals surface area (Å²) in [6.45, 7) is 6.83. The number of carbonyl (C=O) groups is 1. The topological polar surface area (TPSA) is 32.3 Å². The highest BCUT2D eigenvalue weighted by molar-refractivity contribution is 7.99. The van der Waals surface area contributed by atoms with Gasteiger partial charge in [-0.2, -0.15) is 8.78 Å². The van der Waals surface area contributed by atoms with Crippen molar-refractivity contribution >= 4 is 23.4 Å². The molecule has 1 aromatic carbocycles. The van der Waals surface area contributed by atoms with Crippen molar-refractivity contribution in [1.82, 2.24) is 4.90 Å². The van der Waals surface area contributed by atoms with Gasteiger partial charge in [-0.15, -0.1) is 0 Å². The number of hydrogen-bond donors (Lipinski definition) is 1. The number of anilines is 1. The van der Waals surface area contributed by atoms with Crippen LogP contribution in [0.4, 0.5) is 14.5 Å². The summed E-state index contributed by atoms with van der Waals surface area (Å²) in [5, 5.41) is 3.02. The van der Waals surface area contributed by atoms with Crippen LogP contribution >= 0.6 is 11.8 Å². The summed E-state index contributed by atoms with van der Waals surface area (Å²) in [7, 11) is 0. The molecule has 20 heavy (non-hydrogen) atoms. The van der Waals surface area contributed by atoms with E-state index < -0.39 is 11.8 Å². The number of thioether (sulfide) groups is 1. The fraction of sp³-hybridized carbons (Fsp3) is 0.500. The lowest BCUT2D eigenvalue weighted by molar-refractivity contribution is -0.131. The lowest BCUT2D eigenvalue weighted by Gasteiger charge is -2.24. The van der Waals surface area contributed by atoms with E-state index >= 15 is 0 Å². The van der Waals surface area contributed by atoms with Crippen LogP contribution in [0.25, 0.3) is 0 Å². The second kappa shape index (κ2) is 8.09. The van der Waals surface area contributed by atoms with Crippen molar-refractivity contribution in [2.75, 3.05) is 18.4 Å². The minimum atomic E-state index is -2.48. The predicted octanol–water partition coefficient (Wildman–Crippen LogP) is 3.67. The number of carbonyl (C=O) groups excluding carboxylic acids is 1. The van der Waals surface area contributed by atoms with Crippen molar-refractivity contribution in [3.8, 4) is 0 Å². The van der Waals surface area contributed by atoms with Crippen molar-refractivity contribution in [2.24, 2.45) is 0 Å². The monoisotopic (exact) mass is 302 g/mol. The molecule has 0 heterocycles. The summed E-state index contributed by atoms with van der Waals surface area (Å²) in [6, 6.07) is 6.33. The Morgan fingerprint density at radius 3 is 2.45 bits per heavy atom. The molecule has 1 N–H and O–H groups in total. The van der Waals surface area contributed by atoms with Gasteiger partial charge < -0.3 is 10.2 Å². The number of halogens is 2. The molecule has 0 saturated heterocycles. The molecule has 1 amide bonds. The smallest absolute Gasteiger partial charge is 0.288 e. The number of alkyl halides is 2. The summed E-state index contributed by atoms with van der Waals surface area (Å²) in [5.41, 5.74) is 0.561. The molecule has 1 unspecified atom stereocenters. The van der Waals surface area contributed by atoms with Gasteiger partial charge >= 0.3 is 0 Å². The number of likely N-dealkylation sites (N-methyl/N-ethyl adjacent to an activating group) is 1. The Labute approximate surface area is 122 Å². The van der Waals surface area contributed by atoms with Gasteiger partial charge in [0.15, 0.2) is 0 Å². The van der Waals surface area contributed by atoms with Crippen molar-refractivity contribution < 1.29 is 13.6 Å². The highest BCUT2D eigenvalue weighted by Gasteiger charge is 2.19. The summed E-state index contributed by atoms with van der Waals surface area (Å²) in [4.78, 5) is 14.3. The van der Waals surface area contributed by atoms with Gasteiger partial charge in [-0.3, -0.25) is 4.79 Å². The molecule has 0 aliphatic carbocycles. The second-order valence-corrected chi connectivity index (χ2v) is 5.28. The average molecular weight is 302 g/mol. The zero-order valence-electron chi connectivity index (χ0n) is 11.9. The van der Waals surface area contributed by atoms with Crippen LogP contribution in [-0.4, -0.2) is 35.7 Å². The van der Waals surface area contributed by atoms with Crippen LogP contribution in [0.15, 0.2) is 29.2 Å². The van der Waals surface area contributed by atoms with Gasteiger partial charge in [0.2, 0.25) is 5.91 Å². The van der Waals surface area contributed by atoms with E-state index in [1.165, 1.54) is 0 Å². The lowest BCUT2D eigenvalue weighted by atomic mass is 10.2. The largest absolute Gasteiger partial charge is 0.373 e. The third-order valence-corrected chi connectivity index (χ3v) is 3.71. The van der Waals surface area contributed by atoms with Crippen molar-refractivity contribution in [3.05, 3.63) is 24.3 Å². The van der Waals surface area contributed by atoms with Crippen LogP contribution in [0.5, 0.6) is 0 Å². The van der Waals surface area contributed by atoms with E-state index in [9.17, 15) is 13.6 Å². The molecule has 0 aliphatic heterocycles. The van der Waals surface area contributed by atoms with Gasteiger partial charge in [-0.25, -0.2) is 0 Å². The molecule has 0 aliphatic rings. The number of benzene rings is 1. The molecule has 1 aromatic rings. The third-order valence-electron chi connectivity index (χ3n) is 2.92. The van der Waals surface area contributed by atoms with Crippen LogP contribution in [0.3, 0.4) is 0 Å². The molecule has 0 fully saturated rings. The zero-order valence-corrected chi connectivity index (χ0v) is 12.7. The molecule has 0 radical (unpaired) electrons. The van der Waals surface area contributed by atoms with E-state index in [0.29, 0.717) is 35.4 Å². The third kappa shape index (κ3) is 4.67. The molecular weight excluding hydrogens is 282 g/mol. The van der Waals surface area contributed by atoms with E-state index in [2.05, 4.69) is 5.32 Å². The molecule has 0 aromatic heterocycles. The van der Waals surface area contributed by atoms with Crippen molar-refractivity contribution in [3.63, 3.8) is 0 Å². The van der Waals surface area contributed by atoms with Gasteiger partial charge in [0.1, 0.15) is 6.04 Å². The molecule has 0 spiro atoms. The minimum Gasteiger partial charge on any atom is -0.373 e. The second-order valence-electron chi connectivity index (χ2n) is 4.25. The summed E-state index contributed by atoms with van der Waals surface area (Å²) in [6.07, 6.45) is 0. The number of amides is 1. The molecule has 112 valence electrons. The minimum absolute atomic E-state index is 0.0353. The maximum atomic E-state index is 12.5. The first-order chi connectivity index (χ1) is 9.49. The predicted molar refractivity (Wildman–Crippen MR) is 79.3 cm³/mol. The zero-order chi connectivity index (χ0) is 15.1. The Kier molecular flexibility index (Phi) is 6.78. The van der Waals surface area contributed by atoms with Crippen molar-refractivity contribution in [2.45, 2.75) is 37.5 Å². The van der Waals surface area contributed by atoms with Crippen molar-refractivity contribution in [1.29, 1.82) is 0 Å². The van der Waals surface area contributed by atoms with E-state index in [1.807, 2.05) is 13.8 Å². The molecule has 6 heteroatoms. The van der Waals surface area contributed by atoms with Gasteiger partial charge in [-0.1, -0.05) is 23.9 Å². The standard InChI is InChI=1S/C14H20F2N2OS/c1-4-18(5-2)13(19)10(3)17-11-8-6-7-9-12(11)20-14(15)16/h6-10,14,17H,4-5H2,1-3H3. The Hall–Kier alpha value is -1.30. The maximum absolute atomic E-state index is 12.5. The first-order valence-corrected chi connectivity index (χ1v) is 7.46. The van der Waals surface area contributed by atoms with Crippen LogP contribution in [0.2, 0.25) is 0 Å². The molecule has 0 bridgehead atoms. The highest BCUT2D eigenvalue weighted by atomic mass is 32.2. The number of nitrogens with zero attached hydrogens (tertiary/aromatic N) is 1. The molecule has 3 nitrogen and oxygen atoms in total. The van der Waals surface area contributed by atoms with E-state index in [4.69, 9.17) is 0 Å². The summed E-state index contributed by atoms with van der Waals surface area (Å²) < 4.78 is 25.0. The Morgan fingerprint density at radius 1 is 1.30 bits per heavy atom. The number of para-hydroxylation sites is 1. The van der Waals surface area contributed by atoms with Gasteiger partial charge in [0.25, 0.3) is 5.76 Å². The normalized spacial score (nSPS) is 12.3. The van der Waals surface area contributed by atoms with Crippen LogP contribution < -0.4 is 5.32 Å². The molecule has 0 saturated carbocycles. The summed E-state index contributed by atoms with van der Waals surface area (Å²) >= 11 is 0.478. The average Bonchev–Trinajstić information content (AvgIpc) is 2.41. The van der Waals surface area contributed by atoms with Gasteiger partial charge in [0.05, 0.1) is 0 Å². The summed E-state index contributed by atoms with van der Waals surface area (Å²) in [5.74, 6) is -2.52. The fourth-order valence-corrected chi connectivity index (χ4v) is 2.49. The van der Waals surface area contributed by atoms with Crippen LogP contribution in [0, 0.1) is 0 Å². The Balaban J connectivity index is 2.79. The maximum Gasteiger partial charge on any atom is 0.288 e. The highest BCUT2D eigenvalue weighted by Crippen LogP contribution is 2.31. The molecular formula is C14H20F2N2OS. The lowest BCUT2D eigenvalue weighted by Crippen LogP contribution is -2.41. The number of nitrogens with one attached hydrogen (secondary N) is 1. The SMILES string of the molecule is CCN(CC)C(=O)C(C)Nc1ccccc1SC(F)F. The molecule has 1 rings (SSSR count). The first-order valence-electron chi connectivity index (χ1n) is 6.58. The molecule has 1 atom stereocenters. The Bertz CT molecular complexity index is 439. The van der Waals surface area contributed by atoms with Crippen LogP contribution in [0.1, 0.15) is 20.8 Å².